The molecule has 0 atom stereocenters. The van der Waals surface area contributed by atoms with Crippen molar-refractivity contribution in [2.45, 2.75) is 6.54 Å². The number of rotatable bonds is 4. The molecule has 2 aromatic heterocycles. The molecule has 0 spiro atoms. The highest BCUT2D eigenvalue weighted by Gasteiger charge is 2.16. The number of anilines is 1. The third-order valence-electron chi connectivity index (χ3n) is 2.26. The average Bonchev–Trinajstić information content (AvgIpc) is 2.74. The molecular weight excluding hydrogens is 274 g/mol. The summed E-state index contributed by atoms with van der Waals surface area (Å²) in [7, 11) is 1.77. The molecular formula is C11H10ClN3O2S. The topological polar surface area (TPSA) is 66.3 Å². The number of carboxylic acids is 1. The van der Waals surface area contributed by atoms with E-state index in [-0.39, 0.29) is 5.69 Å². The highest BCUT2D eigenvalue weighted by atomic mass is 35.5. The fourth-order valence-corrected chi connectivity index (χ4v) is 2.65. The molecule has 0 bridgehead atoms. The van der Waals surface area contributed by atoms with Crippen LogP contribution in [-0.2, 0) is 6.54 Å². The van der Waals surface area contributed by atoms with Crippen LogP contribution >= 0.6 is 22.9 Å². The minimum absolute atomic E-state index is 0.0531. The number of hydrogen-bond donors (Lipinski definition) is 1. The third-order valence-corrected chi connectivity index (χ3v) is 3.48. The first kappa shape index (κ1) is 12.8. The molecule has 2 aromatic rings. The van der Waals surface area contributed by atoms with E-state index in [1.807, 2.05) is 12.1 Å². The molecule has 0 saturated carbocycles. The van der Waals surface area contributed by atoms with Crippen molar-refractivity contribution in [1.29, 1.82) is 0 Å². The van der Waals surface area contributed by atoms with Crippen LogP contribution in [-0.4, -0.2) is 28.1 Å². The van der Waals surface area contributed by atoms with Gasteiger partial charge >= 0.3 is 5.97 Å². The maximum atomic E-state index is 11.0. The number of carbonyl (C=O) groups is 1. The molecule has 0 radical (unpaired) electrons. The summed E-state index contributed by atoms with van der Waals surface area (Å²) < 4.78 is 0.705. The van der Waals surface area contributed by atoms with Gasteiger partial charge in [0.05, 0.1) is 10.9 Å². The van der Waals surface area contributed by atoms with Gasteiger partial charge in [-0.15, -0.1) is 11.3 Å². The minimum Gasteiger partial charge on any atom is -0.476 e. The maximum absolute atomic E-state index is 11.0. The first-order valence-electron chi connectivity index (χ1n) is 5.07. The fraction of sp³-hybridized carbons (Fsp3) is 0.182. The van der Waals surface area contributed by atoms with Gasteiger partial charge in [-0.25, -0.2) is 14.8 Å². The van der Waals surface area contributed by atoms with Crippen LogP contribution in [0.3, 0.4) is 0 Å². The van der Waals surface area contributed by atoms with Gasteiger partial charge in [0.1, 0.15) is 0 Å². The summed E-state index contributed by atoms with van der Waals surface area (Å²) in [5.41, 5.74) is -0.0531. The molecule has 0 aromatic carbocycles. The molecule has 0 amide bonds. The second kappa shape index (κ2) is 5.32. The van der Waals surface area contributed by atoms with Crippen LogP contribution in [0.1, 0.15) is 15.4 Å². The summed E-state index contributed by atoms with van der Waals surface area (Å²) in [6.07, 6.45) is 2.84. The monoisotopic (exact) mass is 283 g/mol. The van der Waals surface area contributed by atoms with E-state index in [1.54, 1.807) is 11.9 Å². The highest BCUT2D eigenvalue weighted by Crippen LogP contribution is 2.24. The Labute approximate surface area is 113 Å². The van der Waals surface area contributed by atoms with Crippen LogP contribution in [0, 0.1) is 0 Å². The molecule has 2 heterocycles. The predicted octanol–water partition coefficient (Wildman–Crippen LogP) is 2.53. The van der Waals surface area contributed by atoms with Gasteiger partial charge in [0.2, 0.25) is 0 Å². The Hall–Kier alpha value is -1.66. The van der Waals surface area contributed by atoms with E-state index in [9.17, 15) is 4.79 Å². The Bertz CT molecular complexity index is 573. The molecule has 2 rings (SSSR count). The second-order valence-corrected chi connectivity index (χ2v) is 5.40. The summed E-state index contributed by atoms with van der Waals surface area (Å²) in [4.78, 5) is 21.7. The molecule has 18 heavy (non-hydrogen) atoms. The van der Waals surface area contributed by atoms with Gasteiger partial charge in [-0.2, -0.15) is 0 Å². The maximum Gasteiger partial charge on any atom is 0.358 e. The van der Waals surface area contributed by atoms with Crippen molar-refractivity contribution in [3.8, 4) is 0 Å². The van der Waals surface area contributed by atoms with Gasteiger partial charge in [0.25, 0.3) is 0 Å². The molecule has 0 fully saturated rings. The number of carboxylic acid groups (broad SMARTS) is 1. The zero-order chi connectivity index (χ0) is 13.1. The average molecular weight is 284 g/mol. The molecule has 0 saturated heterocycles. The lowest BCUT2D eigenvalue weighted by Crippen LogP contribution is -2.21. The van der Waals surface area contributed by atoms with Gasteiger partial charge < -0.3 is 10.0 Å². The van der Waals surface area contributed by atoms with E-state index in [2.05, 4.69) is 9.97 Å². The largest absolute Gasteiger partial charge is 0.476 e. The van der Waals surface area contributed by atoms with Gasteiger partial charge in [0, 0.05) is 24.3 Å². The summed E-state index contributed by atoms with van der Waals surface area (Å²) in [5.74, 6) is -0.747. The third kappa shape index (κ3) is 2.77. The Kier molecular flexibility index (Phi) is 3.78. The molecule has 0 aliphatic carbocycles. The van der Waals surface area contributed by atoms with Crippen molar-refractivity contribution in [2.75, 3.05) is 11.9 Å². The van der Waals surface area contributed by atoms with Gasteiger partial charge in [-0.3, -0.25) is 0 Å². The van der Waals surface area contributed by atoms with Crippen LogP contribution in [0.2, 0.25) is 4.34 Å². The fourth-order valence-electron chi connectivity index (χ4n) is 1.51. The number of halogens is 1. The first-order chi connectivity index (χ1) is 8.58. The molecule has 0 aliphatic rings. The normalized spacial score (nSPS) is 10.3. The van der Waals surface area contributed by atoms with Crippen molar-refractivity contribution in [3.05, 3.63) is 39.4 Å². The zero-order valence-electron chi connectivity index (χ0n) is 9.50. The van der Waals surface area contributed by atoms with E-state index in [4.69, 9.17) is 16.7 Å². The predicted molar refractivity (Wildman–Crippen MR) is 70.4 cm³/mol. The summed E-state index contributed by atoms with van der Waals surface area (Å²) in [6, 6.07) is 3.71. The van der Waals surface area contributed by atoms with Crippen LogP contribution < -0.4 is 4.90 Å². The summed E-state index contributed by atoms with van der Waals surface area (Å²) in [5, 5.41) is 9.04. The Balaban J connectivity index is 2.23. The summed E-state index contributed by atoms with van der Waals surface area (Å²) in [6.45, 7) is 0.538. The van der Waals surface area contributed by atoms with Crippen molar-refractivity contribution in [3.63, 3.8) is 0 Å². The summed E-state index contributed by atoms with van der Waals surface area (Å²) >= 11 is 7.30. The van der Waals surface area contributed by atoms with Gasteiger partial charge in [-0.1, -0.05) is 11.6 Å². The van der Waals surface area contributed by atoms with Crippen LogP contribution in [0.5, 0.6) is 0 Å². The molecule has 0 unspecified atom stereocenters. The van der Waals surface area contributed by atoms with E-state index < -0.39 is 5.97 Å². The minimum atomic E-state index is -1.09. The quantitative estimate of drug-likeness (QED) is 0.934. The lowest BCUT2D eigenvalue weighted by atomic mass is 10.3. The lowest BCUT2D eigenvalue weighted by Gasteiger charge is -2.18. The van der Waals surface area contributed by atoms with E-state index >= 15 is 0 Å². The first-order valence-corrected chi connectivity index (χ1v) is 6.27. The van der Waals surface area contributed by atoms with Crippen molar-refractivity contribution in [2.24, 2.45) is 0 Å². The standard InChI is InChI=1S/C11H10ClN3O2S/c1-15(6-7-2-3-8(12)18-7)10-9(11(16)17)13-4-5-14-10/h2-5H,6H2,1H3,(H,16,17). The Morgan fingerprint density at radius 1 is 1.44 bits per heavy atom. The van der Waals surface area contributed by atoms with E-state index in [0.717, 1.165) is 4.88 Å². The van der Waals surface area contributed by atoms with Crippen LogP contribution in [0.4, 0.5) is 5.82 Å². The second-order valence-electron chi connectivity index (χ2n) is 3.60. The van der Waals surface area contributed by atoms with Crippen LogP contribution in [0.25, 0.3) is 0 Å². The molecule has 7 heteroatoms. The van der Waals surface area contributed by atoms with Gasteiger partial charge in [0.15, 0.2) is 11.5 Å². The van der Waals surface area contributed by atoms with E-state index in [0.29, 0.717) is 16.7 Å². The number of nitrogens with zero attached hydrogens (tertiary/aromatic N) is 3. The SMILES string of the molecule is CN(Cc1ccc(Cl)s1)c1nccnc1C(=O)O. The number of aromatic nitrogens is 2. The molecule has 1 N–H and O–H groups in total. The van der Waals surface area contributed by atoms with Crippen molar-refractivity contribution in [1.82, 2.24) is 9.97 Å². The Morgan fingerprint density at radius 3 is 2.78 bits per heavy atom. The van der Waals surface area contributed by atoms with E-state index in [1.165, 1.54) is 23.7 Å². The zero-order valence-corrected chi connectivity index (χ0v) is 11.1. The van der Waals surface area contributed by atoms with Gasteiger partial charge in [-0.05, 0) is 12.1 Å². The highest BCUT2D eigenvalue weighted by molar-refractivity contribution is 7.16. The molecule has 94 valence electrons. The van der Waals surface area contributed by atoms with Crippen molar-refractivity contribution < 1.29 is 9.90 Å². The molecule has 5 nitrogen and oxygen atoms in total. The Morgan fingerprint density at radius 2 is 2.17 bits per heavy atom. The van der Waals surface area contributed by atoms with Crippen LogP contribution in [0.15, 0.2) is 24.5 Å². The molecule has 0 aliphatic heterocycles. The van der Waals surface area contributed by atoms with Crippen molar-refractivity contribution >= 4 is 34.7 Å². The lowest BCUT2D eigenvalue weighted by molar-refractivity contribution is 0.0690. The number of hydrogen-bond acceptors (Lipinski definition) is 5. The smallest absolute Gasteiger partial charge is 0.358 e. The number of thiophene rings is 1. The number of aromatic carboxylic acids is 1.